The monoisotopic (exact) mass is 506 g/mol. The van der Waals surface area contributed by atoms with E-state index in [2.05, 4.69) is 19.0 Å². The molecule has 35 heavy (non-hydrogen) atoms. The van der Waals surface area contributed by atoms with Crippen LogP contribution >= 0.6 is 11.6 Å². The maximum atomic E-state index is 13.5. The van der Waals surface area contributed by atoms with Crippen molar-refractivity contribution in [3.05, 3.63) is 34.9 Å². The Morgan fingerprint density at radius 1 is 1.17 bits per heavy atom. The Hall–Kier alpha value is -1.14. The Labute approximate surface area is 217 Å². The van der Waals surface area contributed by atoms with Gasteiger partial charge in [-0.15, -0.1) is 0 Å². The highest BCUT2D eigenvalue weighted by Gasteiger charge is 2.41. The lowest BCUT2D eigenvalue weighted by atomic mass is 9.74. The number of likely N-dealkylation sites (tertiary alicyclic amines) is 1. The molecule has 2 N–H and O–H groups in total. The SMILES string of the molecule is CN(C)C[C@@H](CC(=O)N1CCC[C@@H]([C@@](O)(CCCCO)c2cccc(Cl)c2)C1)CC1CCCCC1. The van der Waals surface area contributed by atoms with Gasteiger partial charge in [0.15, 0.2) is 0 Å². The van der Waals surface area contributed by atoms with Crippen LogP contribution in [0.2, 0.25) is 5.02 Å². The van der Waals surface area contributed by atoms with Gasteiger partial charge in [-0.3, -0.25) is 4.79 Å². The Bertz CT molecular complexity index is 783. The number of benzene rings is 1. The average Bonchev–Trinajstić information content (AvgIpc) is 2.84. The van der Waals surface area contributed by atoms with Crippen LogP contribution in [0, 0.1) is 17.8 Å². The third-order valence-corrected chi connectivity index (χ3v) is 8.45. The minimum atomic E-state index is -1.05. The molecule has 6 heteroatoms. The summed E-state index contributed by atoms with van der Waals surface area (Å²) in [7, 11) is 4.21. The first kappa shape index (κ1) is 28.4. The molecule has 0 aromatic heterocycles. The maximum Gasteiger partial charge on any atom is 0.222 e. The van der Waals surface area contributed by atoms with Crippen molar-refractivity contribution in [2.24, 2.45) is 17.8 Å². The normalized spacial score (nSPS) is 22.2. The number of rotatable bonds is 12. The number of unbranched alkanes of at least 4 members (excludes halogenated alkanes) is 1. The molecule has 0 spiro atoms. The van der Waals surface area contributed by atoms with Crippen LogP contribution in [0.15, 0.2) is 24.3 Å². The van der Waals surface area contributed by atoms with Crippen LogP contribution in [0.4, 0.5) is 0 Å². The molecule has 1 amide bonds. The number of piperidine rings is 1. The highest BCUT2D eigenvalue weighted by Crippen LogP contribution is 2.41. The number of hydrogen-bond acceptors (Lipinski definition) is 4. The molecule has 2 aliphatic rings. The number of nitrogens with zero attached hydrogens (tertiary/aromatic N) is 2. The van der Waals surface area contributed by atoms with Gasteiger partial charge in [-0.05, 0) is 82.2 Å². The number of carbonyl (C=O) groups is 1. The van der Waals surface area contributed by atoms with Gasteiger partial charge in [0.2, 0.25) is 5.91 Å². The lowest BCUT2D eigenvalue weighted by Gasteiger charge is -2.43. The molecule has 1 aromatic rings. The van der Waals surface area contributed by atoms with Crippen molar-refractivity contribution in [3.63, 3.8) is 0 Å². The predicted octanol–water partition coefficient (Wildman–Crippen LogP) is 5.47. The number of hydrogen-bond donors (Lipinski definition) is 2. The third-order valence-electron chi connectivity index (χ3n) is 8.22. The van der Waals surface area contributed by atoms with Gasteiger partial charge in [0.25, 0.3) is 0 Å². The van der Waals surface area contributed by atoms with Crippen molar-refractivity contribution in [1.29, 1.82) is 0 Å². The summed E-state index contributed by atoms with van der Waals surface area (Å²) < 4.78 is 0. The lowest BCUT2D eigenvalue weighted by Crippen LogP contribution is -2.48. The molecule has 3 rings (SSSR count). The standard InChI is InChI=1S/C29H47ClN2O3/c1-31(2)21-24(18-23-10-4-3-5-11-23)19-28(34)32-16-9-13-26(22-32)29(35,15-6-7-17-33)25-12-8-14-27(30)20-25/h8,12,14,20,23-24,26,33,35H,3-7,9-11,13,15-19,21-22H2,1-2H3/t24-,26-,29-/m1/s1. The van der Waals surface area contributed by atoms with E-state index < -0.39 is 5.60 Å². The van der Waals surface area contributed by atoms with Gasteiger partial charge < -0.3 is 20.0 Å². The lowest BCUT2D eigenvalue weighted by molar-refractivity contribution is -0.138. The van der Waals surface area contributed by atoms with E-state index in [1.165, 1.54) is 32.1 Å². The highest BCUT2D eigenvalue weighted by atomic mass is 35.5. The fourth-order valence-corrected chi connectivity index (χ4v) is 6.64. The van der Waals surface area contributed by atoms with Crippen LogP contribution in [-0.4, -0.2) is 66.3 Å². The van der Waals surface area contributed by atoms with Crippen molar-refractivity contribution < 1.29 is 15.0 Å². The van der Waals surface area contributed by atoms with Crippen molar-refractivity contribution in [2.45, 2.75) is 82.7 Å². The summed E-state index contributed by atoms with van der Waals surface area (Å²) in [4.78, 5) is 17.8. The molecule has 1 saturated heterocycles. The molecular weight excluding hydrogens is 460 g/mol. The van der Waals surface area contributed by atoms with Crippen molar-refractivity contribution in [2.75, 3.05) is 40.3 Å². The largest absolute Gasteiger partial charge is 0.396 e. The second kappa shape index (κ2) is 14.0. The summed E-state index contributed by atoms with van der Waals surface area (Å²) in [6.45, 7) is 2.43. The molecule has 3 atom stereocenters. The van der Waals surface area contributed by atoms with E-state index in [4.69, 9.17) is 11.6 Å². The van der Waals surface area contributed by atoms with Gasteiger partial charge in [-0.2, -0.15) is 0 Å². The van der Waals surface area contributed by atoms with Gasteiger partial charge in [0.1, 0.15) is 0 Å². The summed E-state index contributed by atoms with van der Waals surface area (Å²) in [5, 5.41) is 21.9. The first-order valence-electron chi connectivity index (χ1n) is 13.8. The van der Waals surface area contributed by atoms with Crippen molar-refractivity contribution in [3.8, 4) is 0 Å². The molecule has 1 heterocycles. The van der Waals surface area contributed by atoms with Crippen LogP contribution in [0.3, 0.4) is 0 Å². The van der Waals surface area contributed by atoms with E-state index >= 15 is 0 Å². The van der Waals surface area contributed by atoms with Crippen molar-refractivity contribution >= 4 is 17.5 Å². The molecule has 1 aromatic carbocycles. The van der Waals surface area contributed by atoms with E-state index in [0.717, 1.165) is 50.3 Å². The van der Waals surface area contributed by atoms with E-state index in [9.17, 15) is 15.0 Å². The van der Waals surface area contributed by atoms with Gasteiger partial charge >= 0.3 is 0 Å². The Morgan fingerprint density at radius 3 is 2.63 bits per heavy atom. The van der Waals surface area contributed by atoms with E-state index in [0.29, 0.717) is 36.7 Å². The van der Waals surface area contributed by atoms with Gasteiger partial charge in [-0.25, -0.2) is 0 Å². The van der Waals surface area contributed by atoms with Crippen LogP contribution < -0.4 is 0 Å². The molecule has 2 fully saturated rings. The van der Waals surface area contributed by atoms with Crippen molar-refractivity contribution in [1.82, 2.24) is 9.80 Å². The minimum absolute atomic E-state index is 0.0389. The second-order valence-electron chi connectivity index (χ2n) is 11.4. The zero-order valence-electron chi connectivity index (χ0n) is 21.9. The number of halogens is 1. The molecule has 0 radical (unpaired) electrons. The number of carbonyl (C=O) groups excluding carboxylic acids is 1. The number of aliphatic hydroxyl groups excluding tert-OH is 1. The first-order chi connectivity index (χ1) is 16.8. The van der Waals surface area contributed by atoms with Gasteiger partial charge in [0, 0.05) is 43.6 Å². The highest BCUT2D eigenvalue weighted by molar-refractivity contribution is 6.30. The van der Waals surface area contributed by atoms with E-state index in [-0.39, 0.29) is 18.4 Å². The van der Waals surface area contributed by atoms with Crippen LogP contribution in [0.5, 0.6) is 0 Å². The van der Waals surface area contributed by atoms with Crippen LogP contribution in [0.25, 0.3) is 0 Å². The first-order valence-corrected chi connectivity index (χ1v) is 14.2. The summed E-state index contributed by atoms with van der Waals surface area (Å²) in [6, 6.07) is 7.52. The smallest absolute Gasteiger partial charge is 0.222 e. The van der Waals surface area contributed by atoms with Gasteiger partial charge in [-0.1, -0.05) is 55.8 Å². The second-order valence-corrected chi connectivity index (χ2v) is 11.8. The fraction of sp³-hybridized carbons (Fsp3) is 0.759. The molecular formula is C29H47ClN2O3. The molecule has 0 unspecified atom stereocenters. The number of amides is 1. The van der Waals surface area contributed by atoms with Crippen LogP contribution in [0.1, 0.15) is 82.6 Å². The molecule has 1 saturated carbocycles. The zero-order valence-corrected chi connectivity index (χ0v) is 22.7. The summed E-state index contributed by atoms with van der Waals surface area (Å²) in [5.41, 5.74) is -0.227. The van der Waals surface area contributed by atoms with Crippen LogP contribution in [-0.2, 0) is 10.4 Å². The Balaban J connectivity index is 1.70. The quantitative estimate of drug-likeness (QED) is 0.369. The predicted molar refractivity (Wildman–Crippen MR) is 143 cm³/mol. The minimum Gasteiger partial charge on any atom is -0.396 e. The van der Waals surface area contributed by atoms with E-state index in [1.54, 1.807) is 0 Å². The molecule has 198 valence electrons. The molecule has 5 nitrogen and oxygen atoms in total. The summed E-state index contributed by atoms with van der Waals surface area (Å²) in [6.07, 6.45) is 12.1. The van der Waals surface area contributed by atoms with E-state index in [1.807, 2.05) is 29.2 Å². The number of aliphatic hydroxyl groups is 2. The molecule has 1 aliphatic carbocycles. The average molecular weight is 507 g/mol. The molecule has 1 aliphatic heterocycles. The zero-order chi connectivity index (χ0) is 25.3. The Kier molecular flexibility index (Phi) is 11.3. The fourth-order valence-electron chi connectivity index (χ4n) is 6.45. The maximum absolute atomic E-state index is 13.5. The molecule has 0 bridgehead atoms. The summed E-state index contributed by atoms with van der Waals surface area (Å²) >= 11 is 6.29. The van der Waals surface area contributed by atoms with Gasteiger partial charge in [0.05, 0.1) is 5.60 Å². The third kappa shape index (κ3) is 8.45. The summed E-state index contributed by atoms with van der Waals surface area (Å²) in [5.74, 6) is 1.34. The Morgan fingerprint density at radius 2 is 1.94 bits per heavy atom. The topological polar surface area (TPSA) is 64.0 Å².